The number of nitrogens with one attached hydrogen (secondary N) is 1. The van der Waals surface area contributed by atoms with E-state index in [0.29, 0.717) is 12.3 Å². The van der Waals surface area contributed by atoms with E-state index in [9.17, 15) is 13.2 Å². The number of alkyl halides is 3. The van der Waals surface area contributed by atoms with E-state index in [1.807, 2.05) is 0 Å². The second-order valence-corrected chi connectivity index (χ2v) is 3.31. The zero-order chi connectivity index (χ0) is 9.45. The molecule has 0 aliphatic heterocycles. The Morgan fingerprint density at radius 2 is 2.08 bits per heavy atom. The number of hydrogen-bond donors (Lipinski definition) is 1. The SMILES string of the molecule is C=CCSCCNCC(F)(F)F. The fraction of sp³-hybridized carbons (Fsp3) is 0.714. The van der Waals surface area contributed by atoms with Crippen LogP contribution >= 0.6 is 11.8 Å². The first-order valence-electron chi connectivity index (χ1n) is 3.52. The van der Waals surface area contributed by atoms with E-state index >= 15 is 0 Å². The van der Waals surface area contributed by atoms with Crippen molar-refractivity contribution in [3.05, 3.63) is 12.7 Å². The quantitative estimate of drug-likeness (QED) is 0.519. The van der Waals surface area contributed by atoms with E-state index in [2.05, 4.69) is 11.9 Å². The molecule has 1 N–H and O–H groups in total. The third-order valence-corrected chi connectivity index (χ3v) is 1.95. The molecule has 0 aromatic carbocycles. The molecule has 5 heteroatoms. The molecule has 0 radical (unpaired) electrons. The highest BCUT2D eigenvalue weighted by Crippen LogP contribution is 2.12. The van der Waals surface area contributed by atoms with Crippen LogP contribution in [-0.4, -0.2) is 30.8 Å². The van der Waals surface area contributed by atoms with E-state index in [4.69, 9.17) is 0 Å². The van der Waals surface area contributed by atoms with Crippen molar-refractivity contribution < 1.29 is 13.2 Å². The summed E-state index contributed by atoms with van der Waals surface area (Å²) in [5.74, 6) is 1.47. The first-order valence-corrected chi connectivity index (χ1v) is 4.68. The Labute approximate surface area is 74.4 Å². The van der Waals surface area contributed by atoms with Crippen LogP contribution in [-0.2, 0) is 0 Å². The summed E-state index contributed by atoms with van der Waals surface area (Å²) in [7, 11) is 0. The molecule has 0 aliphatic rings. The fourth-order valence-corrected chi connectivity index (χ4v) is 1.16. The zero-order valence-electron chi connectivity index (χ0n) is 6.66. The van der Waals surface area contributed by atoms with Gasteiger partial charge in [0.1, 0.15) is 0 Å². The maximum absolute atomic E-state index is 11.5. The number of thioether (sulfide) groups is 1. The van der Waals surface area contributed by atoms with Crippen molar-refractivity contribution in [1.82, 2.24) is 5.32 Å². The van der Waals surface area contributed by atoms with Crippen molar-refractivity contribution in [3.8, 4) is 0 Å². The van der Waals surface area contributed by atoms with E-state index in [1.54, 1.807) is 17.8 Å². The Kier molecular flexibility index (Phi) is 6.28. The molecule has 0 aromatic heterocycles. The Bertz CT molecular complexity index is 124. The highest BCUT2D eigenvalue weighted by molar-refractivity contribution is 7.99. The molecular weight excluding hydrogens is 187 g/mol. The van der Waals surface area contributed by atoms with Crippen molar-refractivity contribution in [1.29, 1.82) is 0 Å². The molecule has 0 bridgehead atoms. The molecule has 0 amide bonds. The topological polar surface area (TPSA) is 12.0 Å². The van der Waals surface area contributed by atoms with Gasteiger partial charge in [0.05, 0.1) is 6.54 Å². The Morgan fingerprint density at radius 3 is 2.58 bits per heavy atom. The smallest absolute Gasteiger partial charge is 0.308 e. The van der Waals surface area contributed by atoms with Crippen LogP contribution in [0.3, 0.4) is 0 Å². The van der Waals surface area contributed by atoms with E-state index < -0.39 is 12.7 Å². The van der Waals surface area contributed by atoms with Gasteiger partial charge in [-0.1, -0.05) is 6.08 Å². The molecule has 72 valence electrons. The van der Waals surface area contributed by atoms with Crippen molar-refractivity contribution in [2.45, 2.75) is 6.18 Å². The molecule has 0 aromatic rings. The second kappa shape index (κ2) is 6.37. The van der Waals surface area contributed by atoms with Gasteiger partial charge in [0.25, 0.3) is 0 Å². The van der Waals surface area contributed by atoms with Gasteiger partial charge < -0.3 is 5.32 Å². The minimum atomic E-state index is -4.09. The summed E-state index contributed by atoms with van der Waals surface area (Å²) >= 11 is 1.56. The maximum Gasteiger partial charge on any atom is 0.401 e. The first kappa shape index (κ1) is 11.8. The number of halogens is 3. The Balaban J connectivity index is 3.06. The third-order valence-electron chi connectivity index (χ3n) is 0.984. The van der Waals surface area contributed by atoms with Gasteiger partial charge in [-0.15, -0.1) is 6.58 Å². The van der Waals surface area contributed by atoms with Crippen LogP contribution in [0.4, 0.5) is 13.2 Å². The zero-order valence-corrected chi connectivity index (χ0v) is 7.47. The van der Waals surface area contributed by atoms with Crippen LogP contribution in [0.15, 0.2) is 12.7 Å². The van der Waals surface area contributed by atoms with Gasteiger partial charge in [0.15, 0.2) is 0 Å². The lowest BCUT2D eigenvalue weighted by molar-refractivity contribution is -0.124. The highest BCUT2D eigenvalue weighted by atomic mass is 32.2. The van der Waals surface area contributed by atoms with Crippen molar-refractivity contribution >= 4 is 11.8 Å². The molecule has 0 unspecified atom stereocenters. The molecular formula is C7H12F3NS. The molecule has 0 spiro atoms. The van der Waals surface area contributed by atoms with Gasteiger partial charge >= 0.3 is 6.18 Å². The lowest BCUT2D eigenvalue weighted by Gasteiger charge is -2.06. The number of rotatable bonds is 6. The van der Waals surface area contributed by atoms with Crippen molar-refractivity contribution in [2.75, 3.05) is 24.6 Å². The summed E-state index contributed by atoms with van der Waals surface area (Å²) in [5, 5.41) is 2.30. The summed E-state index contributed by atoms with van der Waals surface area (Å²) in [6, 6.07) is 0. The molecule has 12 heavy (non-hydrogen) atoms. The Morgan fingerprint density at radius 1 is 1.42 bits per heavy atom. The van der Waals surface area contributed by atoms with E-state index in [0.717, 1.165) is 5.75 Å². The molecule has 0 rings (SSSR count). The number of hydrogen-bond acceptors (Lipinski definition) is 2. The molecule has 0 saturated heterocycles. The third kappa shape index (κ3) is 9.84. The summed E-state index contributed by atoms with van der Waals surface area (Å²) in [5.41, 5.74) is 0. The largest absolute Gasteiger partial charge is 0.401 e. The van der Waals surface area contributed by atoms with Crippen LogP contribution in [0.25, 0.3) is 0 Å². The minimum absolute atomic E-state index is 0.387. The van der Waals surface area contributed by atoms with Gasteiger partial charge in [-0.3, -0.25) is 0 Å². The van der Waals surface area contributed by atoms with Crippen LogP contribution in [0.5, 0.6) is 0 Å². The van der Waals surface area contributed by atoms with Crippen molar-refractivity contribution in [2.24, 2.45) is 0 Å². The van der Waals surface area contributed by atoms with Gasteiger partial charge in [-0.25, -0.2) is 0 Å². The van der Waals surface area contributed by atoms with E-state index in [1.165, 1.54) is 0 Å². The van der Waals surface area contributed by atoms with Gasteiger partial charge in [0.2, 0.25) is 0 Å². The van der Waals surface area contributed by atoms with E-state index in [-0.39, 0.29) is 0 Å². The molecule has 0 atom stereocenters. The monoisotopic (exact) mass is 199 g/mol. The predicted molar refractivity (Wildman–Crippen MR) is 46.4 cm³/mol. The molecule has 0 aliphatic carbocycles. The van der Waals surface area contributed by atoms with Crippen molar-refractivity contribution in [3.63, 3.8) is 0 Å². The standard InChI is InChI=1S/C7H12F3NS/c1-2-4-12-5-3-11-6-7(8,9)10/h2,11H,1,3-6H2. The molecule has 1 nitrogen and oxygen atoms in total. The average molecular weight is 199 g/mol. The maximum atomic E-state index is 11.5. The van der Waals surface area contributed by atoms with Gasteiger partial charge in [0, 0.05) is 18.1 Å². The van der Waals surface area contributed by atoms with Gasteiger partial charge in [-0.05, 0) is 0 Å². The fourth-order valence-electron chi connectivity index (χ4n) is 0.541. The summed E-state index contributed by atoms with van der Waals surface area (Å²) in [6.07, 6.45) is -2.36. The normalized spacial score (nSPS) is 11.6. The van der Waals surface area contributed by atoms with Crippen LogP contribution < -0.4 is 5.32 Å². The summed E-state index contributed by atoms with van der Waals surface area (Å²) in [6.45, 7) is 2.98. The van der Waals surface area contributed by atoms with Crippen LogP contribution in [0.1, 0.15) is 0 Å². The lowest BCUT2D eigenvalue weighted by Crippen LogP contribution is -2.30. The van der Waals surface area contributed by atoms with Gasteiger partial charge in [-0.2, -0.15) is 24.9 Å². The molecule has 0 heterocycles. The lowest BCUT2D eigenvalue weighted by atomic mass is 10.6. The summed E-state index contributed by atoms with van der Waals surface area (Å²) in [4.78, 5) is 0. The highest BCUT2D eigenvalue weighted by Gasteiger charge is 2.25. The minimum Gasteiger partial charge on any atom is -0.308 e. The average Bonchev–Trinajstić information content (AvgIpc) is 1.94. The molecule has 0 saturated carbocycles. The predicted octanol–water partition coefficient (Wildman–Crippen LogP) is 2.06. The van der Waals surface area contributed by atoms with Crippen LogP contribution in [0.2, 0.25) is 0 Å². The Hall–Kier alpha value is -0.160. The molecule has 0 fully saturated rings. The first-order chi connectivity index (χ1) is 5.56. The van der Waals surface area contributed by atoms with Crippen LogP contribution in [0, 0.1) is 0 Å². The second-order valence-electron chi connectivity index (χ2n) is 2.16. The summed E-state index contributed by atoms with van der Waals surface area (Å²) < 4.78 is 34.6.